The molecule has 0 amide bonds. The molecule has 0 aliphatic carbocycles. The third kappa shape index (κ3) is 5.19. The van der Waals surface area contributed by atoms with Crippen LogP contribution in [0.1, 0.15) is 5.56 Å². The highest BCUT2D eigenvalue weighted by Gasteiger charge is 2.30. The summed E-state index contributed by atoms with van der Waals surface area (Å²) in [5.74, 6) is 0.253. The zero-order valence-electron chi connectivity index (χ0n) is 10.9. The molecule has 20 heavy (non-hydrogen) atoms. The first-order valence-electron chi connectivity index (χ1n) is 6.16. The molecule has 1 saturated heterocycles. The third-order valence-electron chi connectivity index (χ3n) is 2.94. The number of morpholine rings is 1. The van der Waals surface area contributed by atoms with Crippen molar-refractivity contribution in [2.24, 2.45) is 0 Å². The molecule has 0 radical (unpaired) electrons. The summed E-state index contributed by atoms with van der Waals surface area (Å²) in [6.45, 7) is 4.14. The second kappa shape index (κ2) is 7.71. The van der Waals surface area contributed by atoms with Crippen molar-refractivity contribution in [1.29, 1.82) is 0 Å². The lowest BCUT2D eigenvalue weighted by Gasteiger charge is -2.26. The molecule has 2 rings (SSSR count). The van der Waals surface area contributed by atoms with Gasteiger partial charge in [-0.2, -0.15) is 13.2 Å². The summed E-state index contributed by atoms with van der Waals surface area (Å²) in [4.78, 5) is 2.16. The van der Waals surface area contributed by atoms with Crippen molar-refractivity contribution < 1.29 is 22.6 Å². The van der Waals surface area contributed by atoms with Crippen molar-refractivity contribution in [3.63, 3.8) is 0 Å². The van der Waals surface area contributed by atoms with Gasteiger partial charge in [-0.1, -0.05) is 6.07 Å². The van der Waals surface area contributed by atoms with Crippen molar-refractivity contribution in [3.05, 3.63) is 29.8 Å². The molecule has 1 heterocycles. The minimum absolute atomic E-state index is 0. The summed E-state index contributed by atoms with van der Waals surface area (Å²) in [5.41, 5.74) is -0.684. The number of alkyl halides is 3. The first kappa shape index (κ1) is 17.1. The second-order valence-corrected chi connectivity index (χ2v) is 4.33. The lowest BCUT2D eigenvalue weighted by Crippen LogP contribution is -2.38. The predicted molar refractivity (Wildman–Crippen MR) is 71.4 cm³/mol. The van der Waals surface area contributed by atoms with Gasteiger partial charge in [-0.15, -0.1) is 12.4 Å². The average Bonchev–Trinajstić information content (AvgIpc) is 2.39. The molecule has 1 fully saturated rings. The molecule has 7 heteroatoms. The normalized spacial score (nSPS) is 16.6. The van der Waals surface area contributed by atoms with Gasteiger partial charge in [-0.3, -0.25) is 4.90 Å². The van der Waals surface area contributed by atoms with Crippen LogP contribution in [0.3, 0.4) is 0 Å². The van der Waals surface area contributed by atoms with E-state index < -0.39 is 11.7 Å². The average molecular weight is 312 g/mol. The van der Waals surface area contributed by atoms with Crippen LogP contribution in [0.4, 0.5) is 13.2 Å². The van der Waals surface area contributed by atoms with Crippen LogP contribution < -0.4 is 4.74 Å². The summed E-state index contributed by atoms with van der Waals surface area (Å²) in [7, 11) is 0. The van der Waals surface area contributed by atoms with Gasteiger partial charge in [0.25, 0.3) is 0 Å². The van der Waals surface area contributed by atoms with Gasteiger partial charge in [0.05, 0.1) is 18.8 Å². The van der Waals surface area contributed by atoms with Crippen LogP contribution in [0.15, 0.2) is 24.3 Å². The van der Waals surface area contributed by atoms with E-state index in [1.54, 1.807) is 0 Å². The predicted octanol–water partition coefficient (Wildman–Crippen LogP) is 2.84. The minimum atomic E-state index is -4.33. The SMILES string of the molecule is Cl.FC(F)(F)c1cccc(OCCN2CCOCC2)c1. The van der Waals surface area contributed by atoms with E-state index in [1.165, 1.54) is 12.1 Å². The Kier molecular flexibility index (Phi) is 6.58. The van der Waals surface area contributed by atoms with Gasteiger partial charge in [0.2, 0.25) is 0 Å². The Labute approximate surface area is 122 Å². The van der Waals surface area contributed by atoms with Crippen LogP contribution in [0, 0.1) is 0 Å². The van der Waals surface area contributed by atoms with Gasteiger partial charge in [-0.05, 0) is 18.2 Å². The van der Waals surface area contributed by atoms with Crippen LogP contribution in [0.2, 0.25) is 0 Å². The number of hydrogen-bond donors (Lipinski definition) is 0. The summed E-state index contributed by atoms with van der Waals surface area (Å²) in [6.07, 6.45) is -4.33. The maximum atomic E-state index is 12.5. The fourth-order valence-corrected chi connectivity index (χ4v) is 1.88. The fraction of sp³-hybridized carbons (Fsp3) is 0.538. The molecule has 114 valence electrons. The fourth-order valence-electron chi connectivity index (χ4n) is 1.88. The van der Waals surface area contributed by atoms with Gasteiger partial charge in [0.1, 0.15) is 12.4 Å². The molecular weight excluding hydrogens is 295 g/mol. The number of nitrogens with zero attached hydrogens (tertiary/aromatic N) is 1. The molecule has 0 N–H and O–H groups in total. The van der Waals surface area contributed by atoms with Crippen molar-refractivity contribution in [3.8, 4) is 5.75 Å². The number of benzene rings is 1. The van der Waals surface area contributed by atoms with E-state index >= 15 is 0 Å². The Morgan fingerprint density at radius 2 is 1.90 bits per heavy atom. The van der Waals surface area contributed by atoms with Crippen molar-refractivity contribution in [1.82, 2.24) is 4.90 Å². The van der Waals surface area contributed by atoms with E-state index in [-0.39, 0.29) is 18.2 Å². The van der Waals surface area contributed by atoms with Gasteiger partial charge >= 0.3 is 6.18 Å². The maximum absolute atomic E-state index is 12.5. The van der Waals surface area contributed by atoms with Crippen LogP contribution in [-0.4, -0.2) is 44.4 Å². The van der Waals surface area contributed by atoms with Gasteiger partial charge in [0, 0.05) is 19.6 Å². The zero-order valence-corrected chi connectivity index (χ0v) is 11.7. The number of ether oxygens (including phenoxy) is 2. The highest BCUT2D eigenvalue weighted by molar-refractivity contribution is 5.85. The van der Waals surface area contributed by atoms with E-state index in [1.807, 2.05) is 0 Å². The topological polar surface area (TPSA) is 21.7 Å². The minimum Gasteiger partial charge on any atom is -0.492 e. The lowest BCUT2D eigenvalue weighted by atomic mass is 10.2. The van der Waals surface area contributed by atoms with Crippen molar-refractivity contribution in [2.45, 2.75) is 6.18 Å². The molecule has 0 unspecified atom stereocenters. The Hall–Kier alpha value is -0.980. The third-order valence-corrected chi connectivity index (χ3v) is 2.94. The second-order valence-electron chi connectivity index (χ2n) is 4.33. The molecule has 0 saturated carbocycles. The highest BCUT2D eigenvalue weighted by atomic mass is 35.5. The number of hydrogen-bond acceptors (Lipinski definition) is 3. The summed E-state index contributed by atoms with van der Waals surface area (Å²) >= 11 is 0. The molecule has 1 aromatic rings. The molecule has 3 nitrogen and oxygen atoms in total. The summed E-state index contributed by atoms with van der Waals surface area (Å²) < 4.78 is 48.1. The van der Waals surface area contributed by atoms with Crippen LogP contribution in [0.25, 0.3) is 0 Å². The molecule has 0 spiro atoms. The largest absolute Gasteiger partial charge is 0.492 e. The van der Waals surface area contributed by atoms with E-state index in [0.29, 0.717) is 26.4 Å². The molecule has 0 aromatic heterocycles. The molecule has 1 aliphatic heterocycles. The first-order valence-corrected chi connectivity index (χ1v) is 6.16. The van der Waals surface area contributed by atoms with Crippen LogP contribution >= 0.6 is 12.4 Å². The van der Waals surface area contributed by atoms with Crippen LogP contribution in [0.5, 0.6) is 5.75 Å². The summed E-state index contributed by atoms with van der Waals surface area (Å²) in [6, 6.07) is 4.95. The Bertz CT molecular complexity index is 409. The van der Waals surface area contributed by atoms with E-state index in [4.69, 9.17) is 9.47 Å². The standard InChI is InChI=1S/C13H16F3NO2.ClH/c14-13(15,16)11-2-1-3-12(10-11)19-9-6-17-4-7-18-8-5-17;/h1-3,10H,4-9H2;1H. The molecular formula is C13H17ClF3NO2. The molecule has 1 aliphatic rings. The van der Waals surface area contributed by atoms with E-state index in [9.17, 15) is 13.2 Å². The van der Waals surface area contributed by atoms with Gasteiger partial charge in [0.15, 0.2) is 0 Å². The molecule has 0 bridgehead atoms. The first-order chi connectivity index (χ1) is 9.05. The molecule has 0 atom stereocenters. The van der Waals surface area contributed by atoms with Crippen molar-refractivity contribution >= 4 is 12.4 Å². The highest BCUT2D eigenvalue weighted by Crippen LogP contribution is 2.31. The maximum Gasteiger partial charge on any atom is 0.416 e. The monoisotopic (exact) mass is 311 g/mol. The van der Waals surface area contributed by atoms with Crippen LogP contribution in [-0.2, 0) is 10.9 Å². The van der Waals surface area contributed by atoms with Crippen molar-refractivity contribution in [2.75, 3.05) is 39.5 Å². The van der Waals surface area contributed by atoms with Gasteiger partial charge in [-0.25, -0.2) is 0 Å². The molecule has 1 aromatic carbocycles. The summed E-state index contributed by atoms with van der Waals surface area (Å²) in [5, 5.41) is 0. The van der Waals surface area contributed by atoms with E-state index in [0.717, 1.165) is 25.2 Å². The smallest absolute Gasteiger partial charge is 0.416 e. The zero-order chi connectivity index (χ0) is 13.7. The van der Waals surface area contributed by atoms with Gasteiger partial charge < -0.3 is 9.47 Å². The lowest BCUT2D eigenvalue weighted by molar-refractivity contribution is -0.137. The Morgan fingerprint density at radius 1 is 1.20 bits per heavy atom. The quantitative estimate of drug-likeness (QED) is 0.853. The Balaban J connectivity index is 0.00000200. The van der Waals surface area contributed by atoms with E-state index in [2.05, 4.69) is 4.90 Å². The number of rotatable bonds is 4. The Morgan fingerprint density at radius 3 is 2.55 bits per heavy atom. The number of halogens is 4.